The molecule has 0 heterocycles. The summed E-state index contributed by atoms with van der Waals surface area (Å²) in [6.07, 6.45) is 2.03. The van der Waals surface area contributed by atoms with Gasteiger partial charge in [-0.2, -0.15) is 0 Å². The Morgan fingerprint density at radius 1 is 0.900 bits per heavy atom. The van der Waals surface area contributed by atoms with Gasteiger partial charge in [0.2, 0.25) is 0 Å². The summed E-state index contributed by atoms with van der Waals surface area (Å²) in [6, 6.07) is 19.1. The molecule has 0 aliphatic heterocycles. The maximum Gasteiger partial charge on any atom is 0.121 e. The molecule has 3 rings (SSSR count). The number of aliphatic hydroxyl groups is 1. The van der Waals surface area contributed by atoms with Crippen LogP contribution in [0.3, 0.4) is 0 Å². The third-order valence-corrected chi connectivity index (χ3v) is 3.66. The number of benzene rings is 2. The highest BCUT2D eigenvalue weighted by molar-refractivity contribution is 6.08. The first-order valence-electron chi connectivity index (χ1n) is 6.50. The Hall–Kier alpha value is -2.39. The molecule has 1 atom stereocenters. The van der Waals surface area contributed by atoms with E-state index in [4.69, 9.17) is 5.21 Å². The molecule has 0 fully saturated rings. The summed E-state index contributed by atoms with van der Waals surface area (Å²) in [5.74, 6) is 0. The van der Waals surface area contributed by atoms with Crippen LogP contribution < -0.4 is 0 Å². The molecule has 3 nitrogen and oxygen atoms in total. The number of hydrogen-bond acceptors (Lipinski definition) is 3. The summed E-state index contributed by atoms with van der Waals surface area (Å²) in [5, 5.41) is 23.4. The lowest BCUT2D eigenvalue weighted by Crippen LogP contribution is -2.25. The second-order valence-electron chi connectivity index (χ2n) is 4.92. The maximum absolute atomic E-state index is 11.1. The van der Waals surface area contributed by atoms with Crippen molar-refractivity contribution in [3.05, 3.63) is 77.9 Å². The fraction of sp³-hybridized carbons (Fsp3) is 0.118. The highest BCUT2D eigenvalue weighted by Gasteiger charge is 2.40. The monoisotopic (exact) mass is 265 g/mol. The molecular weight excluding hydrogens is 250 g/mol. The van der Waals surface area contributed by atoms with Crippen LogP contribution in [0.1, 0.15) is 17.5 Å². The minimum Gasteiger partial charge on any atom is -0.411 e. The molecule has 0 spiro atoms. The van der Waals surface area contributed by atoms with Crippen molar-refractivity contribution in [2.24, 2.45) is 5.16 Å². The molecular formula is C17H15NO2. The zero-order valence-electron chi connectivity index (χ0n) is 10.9. The van der Waals surface area contributed by atoms with E-state index in [9.17, 15) is 5.11 Å². The smallest absolute Gasteiger partial charge is 0.121 e. The lowest BCUT2D eigenvalue weighted by atomic mass is 9.84. The second-order valence-corrected chi connectivity index (χ2v) is 4.92. The molecule has 1 aliphatic carbocycles. The zero-order valence-corrected chi connectivity index (χ0v) is 10.9. The quantitative estimate of drug-likeness (QED) is 0.647. The fourth-order valence-electron chi connectivity index (χ4n) is 2.67. The SMILES string of the molecule is ON=C1C=C(c2ccccc2)C(O)(c2ccccc2)C1. The fourth-order valence-corrected chi connectivity index (χ4v) is 2.67. The van der Waals surface area contributed by atoms with E-state index < -0.39 is 5.60 Å². The van der Waals surface area contributed by atoms with Crippen molar-refractivity contribution in [1.29, 1.82) is 0 Å². The Kier molecular flexibility index (Phi) is 3.12. The molecule has 1 aliphatic rings. The Labute approximate surface area is 117 Å². The van der Waals surface area contributed by atoms with E-state index in [1.54, 1.807) is 6.08 Å². The van der Waals surface area contributed by atoms with Crippen molar-refractivity contribution >= 4 is 11.3 Å². The largest absolute Gasteiger partial charge is 0.411 e. The average Bonchev–Trinajstić information content (AvgIpc) is 2.87. The first-order chi connectivity index (χ1) is 9.74. The average molecular weight is 265 g/mol. The first kappa shape index (κ1) is 12.6. The van der Waals surface area contributed by atoms with E-state index in [0.717, 1.165) is 16.7 Å². The predicted octanol–water partition coefficient (Wildman–Crippen LogP) is 3.19. The van der Waals surface area contributed by atoms with Gasteiger partial charge >= 0.3 is 0 Å². The summed E-state index contributed by atoms with van der Waals surface area (Å²) < 4.78 is 0. The molecule has 1 unspecified atom stereocenters. The predicted molar refractivity (Wildman–Crippen MR) is 78.6 cm³/mol. The van der Waals surface area contributed by atoms with E-state index in [-0.39, 0.29) is 6.42 Å². The molecule has 2 aromatic carbocycles. The van der Waals surface area contributed by atoms with Crippen LogP contribution in [0.4, 0.5) is 0 Å². The highest BCUT2D eigenvalue weighted by Crippen LogP contribution is 2.43. The van der Waals surface area contributed by atoms with E-state index >= 15 is 0 Å². The number of oxime groups is 1. The third kappa shape index (κ3) is 2.02. The molecule has 20 heavy (non-hydrogen) atoms. The van der Waals surface area contributed by atoms with Crippen LogP contribution in [0.2, 0.25) is 0 Å². The van der Waals surface area contributed by atoms with Crippen LogP contribution in [-0.4, -0.2) is 16.0 Å². The van der Waals surface area contributed by atoms with Crippen molar-refractivity contribution < 1.29 is 10.3 Å². The van der Waals surface area contributed by atoms with Crippen LogP contribution in [0.25, 0.3) is 5.57 Å². The van der Waals surface area contributed by atoms with Crippen LogP contribution >= 0.6 is 0 Å². The van der Waals surface area contributed by atoms with Gasteiger partial charge in [-0.25, -0.2) is 0 Å². The van der Waals surface area contributed by atoms with Gasteiger partial charge in [0.1, 0.15) is 5.60 Å². The van der Waals surface area contributed by atoms with Gasteiger partial charge in [-0.3, -0.25) is 0 Å². The number of hydrogen-bond donors (Lipinski definition) is 2. The molecule has 0 amide bonds. The zero-order chi connectivity index (χ0) is 14.0. The van der Waals surface area contributed by atoms with Crippen LogP contribution in [0.15, 0.2) is 71.9 Å². The number of rotatable bonds is 2. The molecule has 2 N–H and O–H groups in total. The minimum absolute atomic E-state index is 0.276. The minimum atomic E-state index is -1.15. The summed E-state index contributed by atoms with van der Waals surface area (Å²) in [6.45, 7) is 0. The lowest BCUT2D eigenvalue weighted by molar-refractivity contribution is 0.112. The van der Waals surface area contributed by atoms with E-state index in [1.807, 2.05) is 60.7 Å². The van der Waals surface area contributed by atoms with E-state index in [0.29, 0.717) is 5.71 Å². The van der Waals surface area contributed by atoms with Gasteiger partial charge in [-0.05, 0) is 22.8 Å². The number of allylic oxidation sites excluding steroid dienone is 1. The standard InChI is InChI=1S/C17H15NO2/c19-17(14-9-5-2-6-10-14)12-15(18-20)11-16(17)13-7-3-1-4-8-13/h1-11,19-20H,12H2. The molecule has 3 heteroatoms. The normalized spacial score (nSPS) is 23.9. The van der Waals surface area contributed by atoms with Gasteiger partial charge in [-0.1, -0.05) is 65.8 Å². The Morgan fingerprint density at radius 2 is 1.50 bits per heavy atom. The Morgan fingerprint density at radius 3 is 2.10 bits per heavy atom. The van der Waals surface area contributed by atoms with Gasteiger partial charge in [0.05, 0.1) is 5.71 Å². The summed E-state index contributed by atoms with van der Waals surface area (Å²) in [5.41, 5.74) is 1.82. The third-order valence-electron chi connectivity index (χ3n) is 3.66. The Bertz CT molecular complexity index is 662. The topological polar surface area (TPSA) is 52.8 Å². The van der Waals surface area contributed by atoms with E-state index in [1.165, 1.54) is 0 Å². The van der Waals surface area contributed by atoms with Crippen molar-refractivity contribution in [1.82, 2.24) is 0 Å². The summed E-state index contributed by atoms with van der Waals surface area (Å²) >= 11 is 0. The van der Waals surface area contributed by atoms with Crippen molar-refractivity contribution in [3.8, 4) is 0 Å². The van der Waals surface area contributed by atoms with Crippen molar-refractivity contribution in [2.45, 2.75) is 12.0 Å². The molecule has 0 saturated heterocycles. The van der Waals surface area contributed by atoms with Crippen molar-refractivity contribution in [3.63, 3.8) is 0 Å². The van der Waals surface area contributed by atoms with Crippen LogP contribution in [0, 0.1) is 0 Å². The number of nitrogens with zero attached hydrogens (tertiary/aromatic N) is 1. The summed E-state index contributed by atoms with van der Waals surface area (Å²) in [7, 11) is 0. The molecule has 0 bridgehead atoms. The molecule has 0 radical (unpaired) electrons. The molecule has 2 aromatic rings. The molecule has 100 valence electrons. The van der Waals surface area contributed by atoms with Gasteiger partial charge < -0.3 is 10.3 Å². The highest BCUT2D eigenvalue weighted by atomic mass is 16.4. The second kappa shape index (κ2) is 4.94. The van der Waals surface area contributed by atoms with Gasteiger partial charge in [0, 0.05) is 6.42 Å². The lowest BCUT2D eigenvalue weighted by Gasteiger charge is -2.27. The van der Waals surface area contributed by atoms with Crippen molar-refractivity contribution in [2.75, 3.05) is 0 Å². The van der Waals surface area contributed by atoms with Gasteiger partial charge in [0.15, 0.2) is 0 Å². The first-order valence-corrected chi connectivity index (χ1v) is 6.50. The Balaban J connectivity index is 2.14. The van der Waals surface area contributed by atoms with Gasteiger partial charge in [-0.15, -0.1) is 0 Å². The molecule has 0 aromatic heterocycles. The van der Waals surface area contributed by atoms with E-state index in [2.05, 4.69) is 5.16 Å². The summed E-state index contributed by atoms with van der Waals surface area (Å²) in [4.78, 5) is 0. The van der Waals surface area contributed by atoms with Crippen LogP contribution in [0.5, 0.6) is 0 Å². The maximum atomic E-state index is 11.1. The molecule has 0 saturated carbocycles. The van der Waals surface area contributed by atoms with Gasteiger partial charge in [0.25, 0.3) is 0 Å². The van der Waals surface area contributed by atoms with Crippen LogP contribution in [-0.2, 0) is 5.60 Å².